The van der Waals surface area contributed by atoms with Crippen molar-refractivity contribution in [2.75, 3.05) is 11.1 Å². The van der Waals surface area contributed by atoms with Crippen LogP contribution in [-0.2, 0) is 0 Å². The molecule has 4 nitrogen and oxygen atoms in total. The van der Waals surface area contributed by atoms with Crippen LogP contribution in [0.3, 0.4) is 0 Å². The SMILES string of the molecule is CC1(C)CC1Nc1ccc(N)c(C(=O)O)c1. The molecule has 16 heavy (non-hydrogen) atoms. The minimum Gasteiger partial charge on any atom is -0.478 e. The molecule has 0 heterocycles. The van der Waals surface area contributed by atoms with Gasteiger partial charge in [-0.1, -0.05) is 13.8 Å². The van der Waals surface area contributed by atoms with Crippen molar-refractivity contribution in [1.82, 2.24) is 0 Å². The molecule has 1 aliphatic carbocycles. The Morgan fingerprint density at radius 1 is 1.56 bits per heavy atom. The van der Waals surface area contributed by atoms with Crippen molar-refractivity contribution in [2.24, 2.45) is 5.41 Å². The number of carbonyl (C=O) groups is 1. The van der Waals surface area contributed by atoms with Crippen LogP contribution < -0.4 is 11.1 Å². The number of anilines is 2. The van der Waals surface area contributed by atoms with Crippen LogP contribution in [0.25, 0.3) is 0 Å². The summed E-state index contributed by atoms with van der Waals surface area (Å²) in [5.74, 6) is -0.990. The molecular formula is C12H16N2O2. The molecule has 86 valence electrons. The first-order valence-corrected chi connectivity index (χ1v) is 5.29. The lowest BCUT2D eigenvalue weighted by atomic mass is 10.1. The number of hydrogen-bond acceptors (Lipinski definition) is 3. The zero-order chi connectivity index (χ0) is 11.9. The number of aromatic carboxylic acids is 1. The third-order valence-corrected chi connectivity index (χ3v) is 3.14. The van der Waals surface area contributed by atoms with E-state index in [1.807, 2.05) is 6.07 Å². The summed E-state index contributed by atoms with van der Waals surface area (Å²) in [5, 5.41) is 12.2. The largest absolute Gasteiger partial charge is 0.478 e. The molecule has 1 aromatic rings. The second-order valence-corrected chi connectivity index (χ2v) is 5.00. The summed E-state index contributed by atoms with van der Waals surface area (Å²) in [6, 6.07) is 5.46. The van der Waals surface area contributed by atoms with E-state index in [1.54, 1.807) is 12.1 Å². The number of rotatable bonds is 3. The van der Waals surface area contributed by atoms with Crippen molar-refractivity contribution >= 4 is 17.3 Å². The molecule has 0 radical (unpaired) electrons. The highest BCUT2D eigenvalue weighted by atomic mass is 16.4. The van der Waals surface area contributed by atoms with Gasteiger partial charge in [0.25, 0.3) is 0 Å². The molecule has 2 rings (SSSR count). The molecule has 1 aromatic carbocycles. The zero-order valence-corrected chi connectivity index (χ0v) is 9.45. The maximum atomic E-state index is 10.9. The topological polar surface area (TPSA) is 75.3 Å². The second-order valence-electron chi connectivity index (χ2n) is 5.00. The molecule has 0 saturated heterocycles. The maximum absolute atomic E-state index is 10.9. The van der Waals surface area contributed by atoms with Gasteiger partial charge in [-0.05, 0) is 30.0 Å². The minimum atomic E-state index is -0.990. The number of nitrogens with two attached hydrogens (primary N) is 1. The van der Waals surface area contributed by atoms with E-state index in [2.05, 4.69) is 19.2 Å². The molecule has 1 fully saturated rings. The van der Waals surface area contributed by atoms with Crippen LogP contribution >= 0.6 is 0 Å². The number of nitrogens with one attached hydrogen (secondary N) is 1. The van der Waals surface area contributed by atoms with Gasteiger partial charge < -0.3 is 16.2 Å². The standard InChI is InChI=1S/C12H16N2O2/c1-12(2)6-10(12)14-7-3-4-9(13)8(5-7)11(15)16/h3-5,10,14H,6,13H2,1-2H3,(H,15,16). The summed E-state index contributed by atoms with van der Waals surface area (Å²) in [5.41, 5.74) is 7.17. The normalized spacial score (nSPS) is 21.5. The molecule has 0 aromatic heterocycles. The van der Waals surface area contributed by atoms with E-state index in [0.717, 1.165) is 12.1 Å². The monoisotopic (exact) mass is 220 g/mol. The van der Waals surface area contributed by atoms with Crippen LogP contribution in [0.4, 0.5) is 11.4 Å². The van der Waals surface area contributed by atoms with Crippen LogP contribution in [0.1, 0.15) is 30.6 Å². The van der Waals surface area contributed by atoms with Gasteiger partial charge in [0.05, 0.1) is 5.56 Å². The van der Waals surface area contributed by atoms with Gasteiger partial charge in [0.1, 0.15) is 0 Å². The quantitative estimate of drug-likeness (QED) is 0.682. The fraction of sp³-hybridized carbons (Fsp3) is 0.417. The van der Waals surface area contributed by atoms with Crippen molar-refractivity contribution in [1.29, 1.82) is 0 Å². The van der Waals surface area contributed by atoms with Crippen LogP contribution in [0.2, 0.25) is 0 Å². The van der Waals surface area contributed by atoms with E-state index >= 15 is 0 Å². The van der Waals surface area contributed by atoms with E-state index in [4.69, 9.17) is 10.8 Å². The van der Waals surface area contributed by atoms with Gasteiger partial charge >= 0.3 is 5.97 Å². The van der Waals surface area contributed by atoms with Crippen molar-refractivity contribution in [3.8, 4) is 0 Å². The van der Waals surface area contributed by atoms with Gasteiger partial charge in [0.2, 0.25) is 0 Å². The van der Waals surface area contributed by atoms with Gasteiger partial charge in [-0.25, -0.2) is 4.79 Å². The zero-order valence-electron chi connectivity index (χ0n) is 9.45. The summed E-state index contributed by atoms with van der Waals surface area (Å²) in [4.78, 5) is 10.9. The molecule has 1 atom stereocenters. The molecule has 1 unspecified atom stereocenters. The highest BCUT2D eigenvalue weighted by molar-refractivity contribution is 5.94. The summed E-state index contributed by atoms with van der Waals surface area (Å²) in [6.07, 6.45) is 1.11. The molecule has 1 aliphatic rings. The minimum absolute atomic E-state index is 0.156. The lowest BCUT2D eigenvalue weighted by Crippen LogP contribution is -2.10. The highest BCUT2D eigenvalue weighted by Gasteiger charge is 2.45. The van der Waals surface area contributed by atoms with Crippen molar-refractivity contribution in [2.45, 2.75) is 26.3 Å². The number of hydrogen-bond donors (Lipinski definition) is 3. The van der Waals surface area contributed by atoms with Crippen LogP contribution in [-0.4, -0.2) is 17.1 Å². The van der Waals surface area contributed by atoms with E-state index in [1.165, 1.54) is 0 Å². The number of benzene rings is 1. The number of nitrogen functional groups attached to an aromatic ring is 1. The number of carboxylic acids is 1. The average Bonchev–Trinajstić information content (AvgIpc) is 2.76. The Hall–Kier alpha value is -1.71. The molecule has 0 spiro atoms. The molecule has 0 bridgehead atoms. The Balaban J connectivity index is 2.17. The Kier molecular flexibility index (Phi) is 2.30. The van der Waals surface area contributed by atoms with Crippen LogP contribution in [0.15, 0.2) is 18.2 Å². The third kappa shape index (κ3) is 1.96. The first-order valence-electron chi connectivity index (χ1n) is 5.29. The predicted octanol–water partition coefficient (Wildman–Crippen LogP) is 2.18. The van der Waals surface area contributed by atoms with Gasteiger partial charge in [-0.3, -0.25) is 0 Å². The molecular weight excluding hydrogens is 204 g/mol. The molecule has 4 heteroatoms. The molecule has 1 saturated carbocycles. The summed E-state index contributed by atoms with van der Waals surface area (Å²) in [6.45, 7) is 4.36. The highest BCUT2D eigenvalue weighted by Crippen LogP contribution is 2.46. The average molecular weight is 220 g/mol. The third-order valence-electron chi connectivity index (χ3n) is 3.14. The first kappa shape index (κ1) is 10.8. The molecule has 0 aliphatic heterocycles. The van der Waals surface area contributed by atoms with Gasteiger partial charge in [-0.15, -0.1) is 0 Å². The summed E-state index contributed by atoms with van der Waals surface area (Å²) >= 11 is 0. The predicted molar refractivity (Wildman–Crippen MR) is 63.6 cm³/mol. The lowest BCUT2D eigenvalue weighted by Gasteiger charge is -2.10. The van der Waals surface area contributed by atoms with Gasteiger partial charge in [0, 0.05) is 17.4 Å². The smallest absolute Gasteiger partial charge is 0.337 e. The van der Waals surface area contributed by atoms with Gasteiger partial charge in [-0.2, -0.15) is 0 Å². The van der Waals surface area contributed by atoms with E-state index in [0.29, 0.717) is 17.1 Å². The van der Waals surface area contributed by atoms with Crippen molar-refractivity contribution in [3.05, 3.63) is 23.8 Å². The lowest BCUT2D eigenvalue weighted by molar-refractivity contribution is 0.0698. The van der Waals surface area contributed by atoms with E-state index < -0.39 is 5.97 Å². The number of carboxylic acid groups (broad SMARTS) is 1. The van der Waals surface area contributed by atoms with Gasteiger partial charge in [0.15, 0.2) is 0 Å². The Morgan fingerprint density at radius 3 is 2.69 bits per heavy atom. The Labute approximate surface area is 94.5 Å². The van der Waals surface area contributed by atoms with E-state index in [-0.39, 0.29) is 5.56 Å². The first-order chi connectivity index (χ1) is 7.40. The van der Waals surface area contributed by atoms with E-state index in [9.17, 15) is 4.79 Å². The Bertz CT molecular complexity index is 441. The summed E-state index contributed by atoms with van der Waals surface area (Å²) in [7, 11) is 0. The molecule has 4 N–H and O–H groups in total. The van der Waals surface area contributed by atoms with Crippen molar-refractivity contribution < 1.29 is 9.90 Å². The fourth-order valence-electron chi connectivity index (χ4n) is 1.75. The van der Waals surface area contributed by atoms with Crippen LogP contribution in [0.5, 0.6) is 0 Å². The van der Waals surface area contributed by atoms with Crippen molar-refractivity contribution in [3.63, 3.8) is 0 Å². The fourth-order valence-corrected chi connectivity index (χ4v) is 1.75. The second kappa shape index (κ2) is 3.40. The maximum Gasteiger partial charge on any atom is 0.337 e. The summed E-state index contributed by atoms with van der Waals surface area (Å²) < 4.78 is 0. The Morgan fingerprint density at radius 2 is 2.19 bits per heavy atom. The molecule has 0 amide bonds. The van der Waals surface area contributed by atoms with Crippen LogP contribution in [0, 0.1) is 5.41 Å².